The zero-order valence-electron chi connectivity index (χ0n) is 10.1. The Hall–Kier alpha value is -2.41. The van der Waals surface area contributed by atoms with E-state index in [0.29, 0.717) is 17.1 Å². The predicted molar refractivity (Wildman–Crippen MR) is 64.6 cm³/mol. The number of nitro groups is 1. The van der Waals surface area contributed by atoms with Crippen LogP contribution in [0.2, 0.25) is 0 Å². The topological polar surface area (TPSA) is 98.6 Å². The van der Waals surface area contributed by atoms with Gasteiger partial charge in [-0.2, -0.15) is 0 Å². The van der Waals surface area contributed by atoms with Crippen molar-refractivity contribution < 1.29 is 19.3 Å². The zero-order chi connectivity index (χ0) is 13.8. The standard InChI is InChI=1S/C12H12N2O5/c1-8(15)11-6-9(14(16)17)2-3-12(11)18-7-10-4-5-13-19-10/h2-6,8,15H,7H2,1H3/t8-/m0/s1. The van der Waals surface area contributed by atoms with Gasteiger partial charge in [-0.05, 0) is 13.0 Å². The number of aromatic nitrogens is 1. The summed E-state index contributed by atoms with van der Waals surface area (Å²) in [5.74, 6) is 0.895. The van der Waals surface area contributed by atoms with Gasteiger partial charge in [0.1, 0.15) is 12.4 Å². The van der Waals surface area contributed by atoms with E-state index in [1.807, 2.05) is 0 Å². The van der Waals surface area contributed by atoms with E-state index in [1.54, 1.807) is 6.07 Å². The Balaban J connectivity index is 2.21. The van der Waals surface area contributed by atoms with Gasteiger partial charge >= 0.3 is 0 Å². The molecule has 1 aromatic heterocycles. The number of nitrogens with zero attached hydrogens (tertiary/aromatic N) is 2. The Morgan fingerprint density at radius 3 is 2.89 bits per heavy atom. The Morgan fingerprint density at radius 1 is 1.53 bits per heavy atom. The molecule has 0 aliphatic rings. The second-order valence-electron chi connectivity index (χ2n) is 3.92. The quantitative estimate of drug-likeness (QED) is 0.656. The summed E-state index contributed by atoms with van der Waals surface area (Å²) in [5, 5.41) is 23.9. The molecule has 0 aliphatic heterocycles. The molecular formula is C12H12N2O5. The maximum Gasteiger partial charge on any atom is 0.270 e. The van der Waals surface area contributed by atoms with Crippen LogP contribution in [0.15, 0.2) is 35.0 Å². The van der Waals surface area contributed by atoms with Crippen LogP contribution in [0.4, 0.5) is 5.69 Å². The molecule has 7 heteroatoms. The van der Waals surface area contributed by atoms with Gasteiger partial charge in [0.2, 0.25) is 0 Å². The minimum absolute atomic E-state index is 0.0945. The largest absolute Gasteiger partial charge is 0.485 e. The minimum Gasteiger partial charge on any atom is -0.485 e. The van der Waals surface area contributed by atoms with Crippen LogP contribution in [0.3, 0.4) is 0 Å². The van der Waals surface area contributed by atoms with E-state index >= 15 is 0 Å². The molecule has 0 unspecified atom stereocenters. The van der Waals surface area contributed by atoms with Gasteiger partial charge in [0, 0.05) is 23.8 Å². The summed E-state index contributed by atoms with van der Waals surface area (Å²) in [6.45, 7) is 1.65. The highest BCUT2D eigenvalue weighted by Gasteiger charge is 2.15. The summed E-state index contributed by atoms with van der Waals surface area (Å²) in [6.07, 6.45) is 0.619. The van der Waals surface area contributed by atoms with Gasteiger partial charge in [0.25, 0.3) is 5.69 Å². The van der Waals surface area contributed by atoms with E-state index in [-0.39, 0.29) is 12.3 Å². The molecule has 1 N–H and O–H groups in total. The van der Waals surface area contributed by atoms with Gasteiger partial charge in [-0.15, -0.1) is 0 Å². The van der Waals surface area contributed by atoms with Crippen molar-refractivity contribution in [3.8, 4) is 5.75 Å². The van der Waals surface area contributed by atoms with Crippen LogP contribution in [0, 0.1) is 10.1 Å². The first-order valence-electron chi connectivity index (χ1n) is 5.56. The Kier molecular flexibility index (Phi) is 3.76. The predicted octanol–water partition coefficient (Wildman–Crippen LogP) is 2.22. The Labute approximate surface area is 108 Å². The van der Waals surface area contributed by atoms with Crippen LogP contribution >= 0.6 is 0 Å². The van der Waals surface area contributed by atoms with Gasteiger partial charge in [-0.3, -0.25) is 10.1 Å². The number of non-ortho nitro benzene ring substituents is 1. The van der Waals surface area contributed by atoms with Gasteiger partial charge in [0.05, 0.1) is 17.2 Å². The lowest BCUT2D eigenvalue weighted by atomic mass is 10.1. The fraction of sp³-hybridized carbons (Fsp3) is 0.250. The molecule has 1 atom stereocenters. The third-order valence-corrected chi connectivity index (χ3v) is 2.52. The van der Waals surface area contributed by atoms with Crippen molar-refractivity contribution in [3.05, 3.63) is 51.9 Å². The summed E-state index contributed by atoms with van der Waals surface area (Å²) in [5.41, 5.74) is 0.261. The van der Waals surface area contributed by atoms with Crippen LogP contribution in [0.5, 0.6) is 5.75 Å². The molecule has 2 rings (SSSR count). The molecule has 1 heterocycles. The zero-order valence-corrected chi connectivity index (χ0v) is 10.1. The summed E-state index contributed by atoms with van der Waals surface area (Å²) in [4.78, 5) is 10.2. The fourth-order valence-electron chi connectivity index (χ4n) is 1.57. The van der Waals surface area contributed by atoms with Gasteiger partial charge in [-0.25, -0.2) is 0 Å². The summed E-state index contributed by atoms with van der Waals surface area (Å²) < 4.78 is 10.3. The molecule has 1 aromatic carbocycles. The molecule has 0 fully saturated rings. The van der Waals surface area contributed by atoms with Crippen molar-refractivity contribution >= 4 is 5.69 Å². The highest BCUT2D eigenvalue weighted by atomic mass is 16.6. The summed E-state index contributed by atoms with van der Waals surface area (Å²) in [6, 6.07) is 5.71. The third-order valence-electron chi connectivity index (χ3n) is 2.52. The highest BCUT2D eigenvalue weighted by molar-refractivity contribution is 5.44. The lowest BCUT2D eigenvalue weighted by molar-refractivity contribution is -0.385. The molecule has 0 spiro atoms. The molecule has 0 aliphatic carbocycles. The molecule has 0 bridgehead atoms. The van der Waals surface area contributed by atoms with Crippen molar-refractivity contribution in [1.82, 2.24) is 5.16 Å². The smallest absolute Gasteiger partial charge is 0.270 e. The second kappa shape index (κ2) is 5.49. The lowest BCUT2D eigenvalue weighted by Gasteiger charge is -2.12. The average Bonchev–Trinajstić information content (AvgIpc) is 2.89. The maximum absolute atomic E-state index is 10.7. The van der Waals surface area contributed by atoms with E-state index in [1.165, 1.54) is 31.3 Å². The average molecular weight is 264 g/mol. The first kappa shape index (κ1) is 13.0. The van der Waals surface area contributed by atoms with Crippen LogP contribution in [-0.4, -0.2) is 15.2 Å². The van der Waals surface area contributed by atoms with Crippen LogP contribution in [0.25, 0.3) is 0 Å². The van der Waals surface area contributed by atoms with Crippen molar-refractivity contribution in [2.75, 3.05) is 0 Å². The maximum atomic E-state index is 10.7. The van der Waals surface area contributed by atoms with Crippen LogP contribution in [0.1, 0.15) is 24.4 Å². The first-order chi connectivity index (χ1) is 9.08. The summed E-state index contributed by atoms with van der Waals surface area (Å²) in [7, 11) is 0. The molecule has 0 amide bonds. The number of nitro benzene ring substituents is 1. The number of hydrogen-bond acceptors (Lipinski definition) is 6. The molecule has 7 nitrogen and oxygen atoms in total. The number of ether oxygens (including phenoxy) is 1. The molecular weight excluding hydrogens is 252 g/mol. The van der Waals surface area contributed by atoms with E-state index in [0.717, 1.165) is 0 Å². The van der Waals surface area contributed by atoms with E-state index in [2.05, 4.69) is 5.16 Å². The number of hydrogen-bond donors (Lipinski definition) is 1. The third kappa shape index (κ3) is 3.08. The van der Waals surface area contributed by atoms with E-state index < -0.39 is 11.0 Å². The van der Waals surface area contributed by atoms with E-state index in [9.17, 15) is 15.2 Å². The highest BCUT2D eigenvalue weighted by Crippen LogP contribution is 2.29. The molecule has 0 saturated carbocycles. The van der Waals surface area contributed by atoms with Gasteiger partial charge in [0.15, 0.2) is 5.76 Å². The van der Waals surface area contributed by atoms with Gasteiger partial charge in [-0.1, -0.05) is 5.16 Å². The molecule has 19 heavy (non-hydrogen) atoms. The fourth-order valence-corrected chi connectivity index (χ4v) is 1.57. The van der Waals surface area contributed by atoms with E-state index in [4.69, 9.17) is 9.26 Å². The normalized spacial score (nSPS) is 12.1. The second-order valence-corrected chi connectivity index (χ2v) is 3.92. The van der Waals surface area contributed by atoms with Crippen molar-refractivity contribution in [2.45, 2.75) is 19.6 Å². The Bertz CT molecular complexity index is 566. The number of benzene rings is 1. The molecule has 0 saturated heterocycles. The van der Waals surface area contributed by atoms with Crippen molar-refractivity contribution in [3.63, 3.8) is 0 Å². The van der Waals surface area contributed by atoms with Gasteiger partial charge < -0.3 is 14.4 Å². The Morgan fingerprint density at radius 2 is 2.32 bits per heavy atom. The lowest BCUT2D eigenvalue weighted by Crippen LogP contribution is -2.01. The number of aliphatic hydroxyl groups excluding tert-OH is 1. The number of rotatable bonds is 5. The monoisotopic (exact) mass is 264 g/mol. The molecule has 2 aromatic rings. The first-order valence-corrected chi connectivity index (χ1v) is 5.56. The SMILES string of the molecule is C[C@H](O)c1cc([N+](=O)[O-])ccc1OCc1ccno1. The minimum atomic E-state index is -0.871. The van der Waals surface area contributed by atoms with Crippen LogP contribution < -0.4 is 4.74 Å². The van der Waals surface area contributed by atoms with Crippen molar-refractivity contribution in [2.24, 2.45) is 0 Å². The summed E-state index contributed by atoms with van der Waals surface area (Å²) >= 11 is 0. The van der Waals surface area contributed by atoms with Crippen molar-refractivity contribution in [1.29, 1.82) is 0 Å². The molecule has 0 radical (unpaired) electrons. The van der Waals surface area contributed by atoms with Crippen LogP contribution in [-0.2, 0) is 6.61 Å². The number of aliphatic hydroxyl groups is 1. The molecule has 100 valence electrons.